The van der Waals surface area contributed by atoms with Crippen LogP contribution < -0.4 is 5.32 Å². The molecule has 2 aliphatic rings. The average Bonchev–Trinajstić information content (AvgIpc) is 2.66. The van der Waals surface area contributed by atoms with Gasteiger partial charge >= 0.3 is 0 Å². The molecular formula is C17H29NO9S. The van der Waals surface area contributed by atoms with Crippen molar-refractivity contribution in [1.29, 1.82) is 0 Å². The first-order valence-electron chi connectivity index (χ1n) is 9.00. The Kier molecular flexibility index (Phi) is 8.67. The molecule has 10 atom stereocenters. The summed E-state index contributed by atoms with van der Waals surface area (Å²) >= 11 is 0.951. The highest BCUT2D eigenvalue weighted by atomic mass is 32.2. The lowest BCUT2D eigenvalue weighted by atomic mass is 9.99. The Balaban J connectivity index is 2.19. The number of hydrogen-bond donors (Lipinski definition) is 6. The van der Waals surface area contributed by atoms with Gasteiger partial charge in [-0.2, -0.15) is 0 Å². The first-order valence-corrected chi connectivity index (χ1v) is 9.94. The molecule has 0 radical (unpaired) electrons. The molecule has 2 aliphatic heterocycles. The lowest BCUT2D eigenvalue weighted by Gasteiger charge is -2.46. The Morgan fingerprint density at radius 3 is 2.43 bits per heavy atom. The van der Waals surface area contributed by atoms with Crippen molar-refractivity contribution in [2.24, 2.45) is 0 Å². The lowest BCUT2D eigenvalue weighted by Crippen LogP contribution is -2.65. The van der Waals surface area contributed by atoms with Crippen molar-refractivity contribution in [3.63, 3.8) is 0 Å². The van der Waals surface area contributed by atoms with E-state index in [1.54, 1.807) is 6.92 Å². The summed E-state index contributed by atoms with van der Waals surface area (Å²) in [6.07, 6.45) is -6.50. The molecule has 0 aromatic carbocycles. The normalized spacial score (nSPS) is 44.1. The molecule has 0 bridgehead atoms. The zero-order valence-electron chi connectivity index (χ0n) is 15.7. The molecule has 10 nitrogen and oxygen atoms in total. The maximum absolute atomic E-state index is 11.6. The van der Waals surface area contributed by atoms with Crippen LogP contribution in [0.1, 0.15) is 13.8 Å². The first-order chi connectivity index (χ1) is 13.2. The number of aliphatic hydroxyl groups excluding tert-OH is 5. The number of carbonyl (C=O) groups is 1. The fourth-order valence-corrected chi connectivity index (χ4v) is 4.74. The molecule has 0 aliphatic carbocycles. The summed E-state index contributed by atoms with van der Waals surface area (Å²) in [5.41, 5.74) is -0.991. The van der Waals surface area contributed by atoms with Crippen molar-refractivity contribution in [3.05, 3.63) is 12.7 Å². The molecule has 162 valence electrons. The third-order valence-corrected chi connectivity index (χ3v) is 6.26. The van der Waals surface area contributed by atoms with E-state index in [0.717, 1.165) is 11.8 Å². The number of carbonyl (C=O) groups excluding carboxylic acids is 1. The van der Waals surface area contributed by atoms with E-state index < -0.39 is 72.2 Å². The van der Waals surface area contributed by atoms with Crippen LogP contribution in [0.4, 0.5) is 0 Å². The highest BCUT2D eigenvalue weighted by Gasteiger charge is 2.50. The van der Waals surface area contributed by atoms with Crippen LogP contribution in [0.15, 0.2) is 12.7 Å². The number of rotatable bonds is 7. The van der Waals surface area contributed by atoms with Crippen LogP contribution in [0.3, 0.4) is 0 Å². The van der Waals surface area contributed by atoms with E-state index in [4.69, 9.17) is 14.2 Å². The highest BCUT2D eigenvalue weighted by molar-refractivity contribution is 8.00. The zero-order chi connectivity index (χ0) is 21.0. The minimum Gasteiger partial charge on any atom is -0.394 e. The zero-order valence-corrected chi connectivity index (χ0v) is 16.6. The van der Waals surface area contributed by atoms with Gasteiger partial charge < -0.3 is 45.1 Å². The summed E-state index contributed by atoms with van der Waals surface area (Å²) in [5.74, 6) is -0.410. The maximum Gasteiger partial charge on any atom is 0.217 e. The van der Waals surface area contributed by atoms with Crippen molar-refractivity contribution in [2.75, 3.05) is 13.2 Å². The molecule has 0 saturated carbocycles. The lowest BCUT2D eigenvalue weighted by molar-refractivity contribution is -0.230. The van der Waals surface area contributed by atoms with E-state index in [1.807, 2.05) is 0 Å². The monoisotopic (exact) mass is 423 g/mol. The summed E-state index contributed by atoms with van der Waals surface area (Å²) in [6, 6.07) is -0.938. The Hall–Kier alpha value is -0.760. The highest BCUT2D eigenvalue weighted by Crippen LogP contribution is 2.37. The molecule has 0 unspecified atom stereocenters. The van der Waals surface area contributed by atoms with Gasteiger partial charge in [-0.3, -0.25) is 4.79 Å². The van der Waals surface area contributed by atoms with Crippen LogP contribution in [0.25, 0.3) is 0 Å². The summed E-state index contributed by atoms with van der Waals surface area (Å²) in [7, 11) is 0. The molecule has 2 saturated heterocycles. The van der Waals surface area contributed by atoms with Gasteiger partial charge in [0.2, 0.25) is 5.91 Å². The number of amides is 1. The smallest absolute Gasteiger partial charge is 0.217 e. The second-order valence-corrected chi connectivity index (χ2v) is 8.13. The number of aliphatic hydroxyl groups is 5. The second-order valence-electron chi connectivity index (χ2n) is 6.85. The van der Waals surface area contributed by atoms with Crippen LogP contribution >= 0.6 is 11.8 Å². The Morgan fingerprint density at radius 2 is 1.86 bits per heavy atom. The number of ether oxygens (including phenoxy) is 3. The van der Waals surface area contributed by atoms with Gasteiger partial charge in [0, 0.05) is 6.92 Å². The molecule has 6 N–H and O–H groups in total. The van der Waals surface area contributed by atoms with Gasteiger partial charge in [0.15, 0.2) is 6.29 Å². The van der Waals surface area contributed by atoms with E-state index >= 15 is 0 Å². The van der Waals surface area contributed by atoms with Gasteiger partial charge in [-0.15, -0.1) is 18.3 Å². The molecule has 0 aromatic rings. The molecule has 1 amide bonds. The SMILES string of the molecule is C=CCO[C@@H]1O[C@H](CO)[C@@H](S[C@@H]2O[C@@H](C)[C@@H](O)[C@@H](O)[C@@H]2O)[C@H](O)[C@H]1NC(C)=O. The molecule has 2 rings (SSSR count). The fraction of sp³-hybridized carbons (Fsp3) is 0.824. The molecule has 0 spiro atoms. The van der Waals surface area contributed by atoms with Crippen molar-refractivity contribution >= 4 is 17.7 Å². The topological polar surface area (TPSA) is 158 Å². The average molecular weight is 423 g/mol. The van der Waals surface area contributed by atoms with E-state index in [0.29, 0.717) is 0 Å². The van der Waals surface area contributed by atoms with Gasteiger partial charge in [-0.05, 0) is 6.92 Å². The van der Waals surface area contributed by atoms with E-state index in [9.17, 15) is 30.3 Å². The maximum atomic E-state index is 11.6. The quantitative estimate of drug-likeness (QED) is 0.246. The fourth-order valence-electron chi connectivity index (χ4n) is 3.21. The van der Waals surface area contributed by atoms with Gasteiger partial charge in [-0.25, -0.2) is 0 Å². The first kappa shape index (κ1) is 23.5. The van der Waals surface area contributed by atoms with E-state index in [2.05, 4.69) is 11.9 Å². The van der Waals surface area contributed by atoms with Crippen LogP contribution in [-0.2, 0) is 19.0 Å². The summed E-state index contributed by atoms with van der Waals surface area (Å²) in [5, 5.41) is 52.4. The molecular weight excluding hydrogens is 394 g/mol. The summed E-state index contributed by atoms with van der Waals surface area (Å²) in [6.45, 7) is 6.01. The minimum atomic E-state index is -1.43. The largest absolute Gasteiger partial charge is 0.394 e. The van der Waals surface area contributed by atoms with Crippen LogP contribution in [0.2, 0.25) is 0 Å². The van der Waals surface area contributed by atoms with Crippen molar-refractivity contribution in [3.8, 4) is 0 Å². The predicted molar refractivity (Wildman–Crippen MR) is 99.2 cm³/mol. The van der Waals surface area contributed by atoms with Crippen molar-refractivity contribution in [1.82, 2.24) is 5.32 Å². The summed E-state index contributed by atoms with van der Waals surface area (Å²) < 4.78 is 16.7. The Bertz CT molecular complexity index is 539. The Morgan fingerprint density at radius 1 is 1.18 bits per heavy atom. The summed E-state index contributed by atoms with van der Waals surface area (Å²) in [4.78, 5) is 11.6. The minimum absolute atomic E-state index is 0.107. The molecule has 11 heteroatoms. The number of hydrogen-bond acceptors (Lipinski definition) is 10. The standard InChI is InChI=1S/C17H29NO9S/c1-4-5-25-16-10(18-8(3)20)12(22)15(9(6-19)27-16)28-17-14(24)13(23)11(21)7(2)26-17/h4,7,9-17,19,21-24H,1,5-6H2,2-3H3,(H,18,20)/t7-,9+,10+,11+,12+,13+,14-,15+,16+,17-/m0/s1. The van der Waals surface area contributed by atoms with E-state index in [-0.39, 0.29) is 6.61 Å². The van der Waals surface area contributed by atoms with E-state index in [1.165, 1.54) is 13.0 Å². The predicted octanol–water partition coefficient (Wildman–Crippen LogP) is -2.30. The second kappa shape index (κ2) is 10.3. The number of nitrogens with one attached hydrogen (secondary N) is 1. The molecule has 0 aromatic heterocycles. The molecule has 2 heterocycles. The van der Waals surface area contributed by atoms with Crippen molar-refractivity contribution < 1.29 is 44.5 Å². The van der Waals surface area contributed by atoms with Crippen LogP contribution in [-0.4, -0.2) is 104 Å². The third kappa shape index (κ3) is 5.23. The van der Waals surface area contributed by atoms with Gasteiger partial charge in [0.25, 0.3) is 0 Å². The molecule has 28 heavy (non-hydrogen) atoms. The third-order valence-electron chi connectivity index (χ3n) is 4.70. The van der Waals surface area contributed by atoms with Crippen LogP contribution in [0.5, 0.6) is 0 Å². The van der Waals surface area contributed by atoms with Gasteiger partial charge in [0.05, 0.1) is 36.8 Å². The van der Waals surface area contributed by atoms with Gasteiger partial charge in [-0.1, -0.05) is 6.08 Å². The van der Waals surface area contributed by atoms with Crippen molar-refractivity contribution in [2.45, 2.75) is 73.5 Å². The number of thioether (sulfide) groups is 1. The Labute approximate surface area is 167 Å². The van der Waals surface area contributed by atoms with Crippen LogP contribution in [0, 0.1) is 0 Å². The van der Waals surface area contributed by atoms with Gasteiger partial charge in [0.1, 0.15) is 29.8 Å². The molecule has 2 fully saturated rings.